The van der Waals surface area contributed by atoms with Crippen LogP contribution < -0.4 is 16.1 Å². The first-order valence-electron chi connectivity index (χ1n) is 9.35. The highest BCUT2D eigenvalue weighted by Gasteiger charge is 2.54. The SMILES string of the molecule is Cn1c(N2C[C@@H]3CCC[C@]3(c3nnc(C4CC4)o3)C2)cc(=O)n(C)c1=O. The molecule has 2 aliphatic carbocycles. The third-order valence-electron chi connectivity index (χ3n) is 6.49. The molecule has 0 radical (unpaired) electrons. The van der Waals surface area contributed by atoms with Crippen molar-refractivity contribution >= 4 is 5.82 Å². The molecule has 0 amide bonds. The van der Waals surface area contributed by atoms with Crippen molar-refractivity contribution < 1.29 is 4.42 Å². The Balaban J connectivity index is 1.53. The summed E-state index contributed by atoms with van der Waals surface area (Å²) in [7, 11) is 3.22. The van der Waals surface area contributed by atoms with Gasteiger partial charge in [0.1, 0.15) is 5.82 Å². The number of aromatic nitrogens is 4. The van der Waals surface area contributed by atoms with Crippen molar-refractivity contribution in [1.82, 2.24) is 19.3 Å². The van der Waals surface area contributed by atoms with E-state index in [2.05, 4.69) is 15.1 Å². The van der Waals surface area contributed by atoms with Crippen molar-refractivity contribution in [2.75, 3.05) is 18.0 Å². The fourth-order valence-electron chi connectivity index (χ4n) is 4.77. The average molecular weight is 357 g/mol. The molecule has 26 heavy (non-hydrogen) atoms. The maximum atomic E-state index is 12.3. The van der Waals surface area contributed by atoms with Crippen molar-refractivity contribution in [3.63, 3.8) is 0 Å². The summed E-state index contributed by atoms with van der Waals surface area (Å²) in [5.41, 5.74) is -0.729. The summed E-state index contributed by atoms with van der Waals surface area (Å²) in [6.07, 6.45) is 5.55. The van der Waals surface area contributed by atoms with Crippen molar-refractivity contribution in [2.45, 2.75) is 43.4 Å². The summed E-state index contributed by atoms with van der Waals surface area (Å²) < 4.78 is 8.78. The molecule has 0 aromatic carbocycles. The lowest BCUT2D eigenvalue weighted by molar-refractivity contribution is 0.296. The fourth-order valence-corrected chi connectivity index (χ4v) is 4.77. The summed E-state index contributed by atoms with van der Waals surface area (Å²) in [5, 5.41) is 8.70. The van der Waals surface area contributed by atoms with Crippen LogP contribution >= 0.6 is 0 Å². The minimum absolute atomic E-state index is 0.155. The second-order valence-electron chi connectivity index (χ2n) is 8.09. The molecule has 3 fully saturated rings. The Morgan fingerprint density at radius 2 is 1.96 bits per heavy atom. The first-order valence-corrected chi connectivity index (χ1v) is 9.35. The quantitative estimate of drug-likeness (QED) is 0.811. The molecule has 0 spiro atoms. The largest absolute Gasteiger partial charge is 0.424 e. The van der Waals surface area contributed by atoms with Crippen LogP contribution in [0.1, 0.15) is 49.8 Å². The summed E-state index contributed by atoms with van der Waals surface area (Å²) in [5.74, 6) is 3.06. The number of rotatable bonds is 3. The molecule has 1 saturated heterocycles. The highest BCUT2D eigenvalue weighted by Crippen LogP contribution is 2.51. The molecule has 5 rings (SSSR count). The van der Waals surface area contributed by atoms with Gasteiger partial charge in [-0.2, -0.15) is 0 Å². The molecule has 8 heteroatoms. The first-order chi connectivity index (χ1) is 12.5. The number of hydrogen-bond donors (Lipinski definition) is 0. The fraction of sp³-hybridized carbons (Fsp3) is 0.667. The molecule has 3 heterocycles. The minimum Gasteiger partial charge on any atom is -0.424 e. The molecule has 8 nitrogen and oxygen atoms in total. The van der Waals surface area contributed by atoms with E-state index in [1.807, 2.05) is 0 Å². The average Bonchev–Trinajstić information content (AvgIpc) is 3.05. The van der Waals surface area contributed by atoms with Crippen LogP contribution in [-0.4, -0.2) is 32.4 Å². The van der Waals surface area contributed by atoms with Gasteiger partial charge in [0.2, 0.25) is 11.8 Å². The van der Waals surface area contributed by atoms with E-state index in [4.69, 9.17) is 4.42 Å². The van der Waals surface area contributed by atoms with E-state index >= 15 is 0 Å². The number of anilines is 1. The smallest absolute Gasteiger partial charge is 0.332 e. The zero-order valence-electron chi connectivity index (χ0n) is 15.1. The number of hydrogen-bond acceptors (Lipinski definition) is 6. The van der Waals surface area contributed by atoms with E-state index in [0.717, 1.165) is 55.0 Å². The van der Waals surface area contributed by atoms with E-state index in [1.54, 1.807) is 17.7 Å². The molecule has 2 aromatic rings. The van der Waals surface area contributed by atoms with Gasteiger partial charge in [-0.3, -0.25) is 13.9 Å². The van der Waals surface area contributed by atoms with E-state index in [-0.39, 0.29) is 16.7 Å². The molecule has 2 aromatic heterocycles. The van der Waals surface area contributed by atoms with Crippen LogP contribution in [0.4, 0.5) is 5.82 Å². The highest BCUT2D eigenvalue weighted by atomic mass is 16.4. The summed E-state index contributed by atoms with van der Waals surface area (Å²) in [4.78, 5) is 26.6. The molecule has 1 aliphatic heterocycles. The van der Waals surface area contributed by atoms with Crippen LogP contribution in [0.25, 0.3) is 0 Å². The summed E-state index contributed by atoms with van der Waals surface area (Å²) in [6.45, 7) is 1.52. The Morgan fingerprint density at radius 3 is 2.73 bits per heavy atom. The Hall–Kier alpha value is -2.38. The predicted molar refractivity (Wildman–Crippen MR) is 94.4 cm³/mol. The Kier molecular flexibility index (Phi) is 3.24. The Morgan fingerprint density at radius 1 is 1.15 bits per heavy atom. The van der Waals surface area contributed by atoms with Gasteiger partial charge < -0.3 is 9.32 Å². The van der Waals surface area contributed by atoms with Gasteiger partial charge in [-0.25, -0.2) is 4.79 Å². The molecule has 0 N–H and O–H groups in total. The van der Waals surface area contributed by atoms with Gasteiger partial charge in [-0.1, -0.05) is 6.42 Å². The monoisotopic (exact) mass is 357 g/mol. The second kappa shape index (κ2) is 5.31. The molecule has 138 valence electrons. The molecular weight excluding hydrogens is 334 g/mol. The lowest BCUT2D eigenvalue weighted by Gasteiger charge is -2.26. The molecule has 0 unspecified atom stereocenters. The van der Waals surface area contributed by atoms with Crippen LogP contribution in [0.2, 0.25) is 0 Å². The third kappa shape index (κ3) is 2.13. The van der Waals surface area contributed by atoms with Gasteiger partial charge >= 0.3 is 5.69 Å². The van der Waals surface area contributed by atoms with E-state index < -0.39 is 0 Å². The van der Waals surface area contributed by atoms with Crippen molar-refractivity contribution in [2.24, 2.45) is 20.0 Å². The van der Waals surface area contributed by atoms with Crippen LogP contribution in [0, 0.1) is 5.92 Å². The topological polar surface area (TPSA) is 86.2 Å². The van der Waals surface area contributed by atoms with Gasteiger partial charge in [0.05, 0.1) is 5.41 Å². The Bertz CT molecular complexity index is 985. The van der Waals surface area contributed by atoms with Gasteiger partial charge in [-0.05, 0) is 31.6 Å². The summed E-state index contributed by atoms with van der Waals surface area (Å²) in [6, 6.07) is 1.56. The normalized spacial score (nSPS) is 27.9. The van der Waals surface area contributed by atoms with Crippen molar-refractivity contribution in [3.8, 4) is 0 Å². The van der Waals surface area contributed by atoms with Gasteiger partial charge in [0.25, 0.3) is 5.56 Å². The number of fused-ring (bicyclic) bond motifs is 1. The third-order valence-corrected chi connectivity index (χ3v) is 6.49. The van der Waals surface area contributed by atoms with Gasteiger partial charge in [-0.15, -0.1) is 10.2 Å². The number of nitrogens with zero attached hydrogens (tertiary/aromatic N) is 5. The van der Waals surface area contributed by atoms with Crippen LogP contribution in [0.3, 0.4) is 0 Å². The van der Waals surface area contributed by atoms with Gasteiger partial charge in [0, 0.05) is 39.2 Å². The summed E-state index contributed by atoms with van der Waals surface area (Å²) >= 11 is 0. The minimum atomic E-state index is -0.299. The zero-order valence-corrected chi connectivity index (χ0v) is 15.1. The van der Waals surface area contributed by atoms with Crippen LogP contribution in [0.15, 0.2) is 20.1 Å². The molecular formula is C18H23N5O3. The van der Waals surface area contributed by atoms with E-state index in [9.17, 15) is 9.59 Å². The second-order valence-corrected chi connectivity index (χ2v) is 8.09. The highest BCUT2D eigenvalue weighted by molar-refractivity contribution is 5.43. The standard InChI is InChI=1S/C18H23N5O3/c1-21-13(8-14(24)22(2)17(21)25)23-9-12-4-3-7-18(12,10-23)16-20-19-15(26-16)11-5-6-11/h8,11-12H,3-7,9-10H2,1-2H3/t12-,18-/m0/s1. The molecule has 2 saturated carbocycles. The maximum Gasteiger partial charge on any atom is 0.332 e. The predicted octanol–water partition coefficient (Wildman–Crippen LogP) is 0.902. The van der Waals surface area contributed by atoms with Gasteiger partial charge in [0.15, 0.2) is 0 Å². The van der Waals surface area contributed by atoms with Crippen LogP contribution in [-0.2, 0) is 19.5 Å². The molecule has 0 bridgehead atoms. The maximum absolute atomic E-state index is 12.3. The first kappa shape index (κ1) is 15.8. The van der Waals surface area contributed by atoms with Crippen molar-refractivity contribution in [1.29, 1.82) is 0 Å². The van der Waals surface area contributed by atoms with Crippen LogP contribution in [0.5, 0.6) is 0 Å². The lowest BCUT2D eigenvalue weighted by Crippen LogP contribution is -2.40. The zero-order chi connectivity index (χ0) is 18.1. The lowest BCUT2D eigenvalue weighted by atomic mass is 9.80. The Labute approximate surface area is 150 Å². The molecule has 3 aliphatic rings. The molecule has 2 atom stereocenters. The van der Waals surface area contributed by atoms with Crippen molar-refractivity contribution in [3.05, 3.63) is 38.7 Å². The van der Waals surface area contributed by atoms with E-state index in [1.165, 1.54) is 7.05 Å². The van der Waals surface area contributed by atoms with E-state index in [0.29, 0.717) is 24.2 Å².